The fraction of sp³-hybridized carbons (Fsp3) is 0.900. The second-order valence-electron chi connectivity index (χ2n) is 4.79. The van der Waals surface area contributed by atoms with Crippen LogP contribution in [0.4, 0.5) is 0 Å². The van der Waals surface area contributed by atoms with Crippen molar-refractivity contribution in [2.45, 2.75) is 25.7 Å². The lowest BCUT2D eigenvalue weighted by atomic mass is 9.71. The number of carboxylic acids is 1. The molecule has 1 heterocycles. The van der Waals surface area contributed by atoms with Crippen LogP contribution in [0, 0.1) is 17.8 Å². The number of carboxylic acid groups (broad SMARTS) is 1. The first-order valence-electron chi connectivity index (χ1n) is 5.40. The highest BCUT2D eigenvalue weighted by atomic mass is 32.2. The topological polar surface area (TPSA) is 71.4 Å². The van der Waals surface area contributed by atoms with Gasteiger partial charge in [0.2, 0.25) is 0 Å². The summed E-state index contributed by atoms with van der Waals surface area (Å²) >= 11 is 0. The molecule has 2 atom stereocenters. The van der Waals surface area contributed by atoms with E-state index in [2.05, 4.69) is 0 Å². The van der Waals surface area contributed by atoms with Gasteiger partial charge in [-0.25, -0.2) is 8.42 Å². The van der Waals surface area contributed by atoms with Gasteiger partial charge in [-0.1, -0.05) is 6.42 Å². The van der Waals surface area contributed by atoms with E-state index in [0.29, 0.717) is 0 Å². The van der Waals surface area contributed by atoms with Crippen LogP contribution in [-0.4, -0.2) is 31.0 Å². The maximum Gasteiger partial charge on any atom is 0.303 e. The average molecular weight is 232 g/mol. The third kappa shape index (κ3) is 2.33. The molecule has 86 valence electrons. The number of fused-ring (bicyclic) bond motifs is 2. The Morgan fingerprint density at radius 2 is 1.73 bits per heavy atom. The molecular formula is C10H16O4S. The van der Waals surface area contributed by atoms with Crippen LogP contribution in [0.3, 0.4) is 0 Å². The SMILES string of the molecule is O=C(O)CC1C2CCCC1CS(=O)(=O)C2. The van der Waals surface area contributed by atoms with Crippen LogP contribution >= 0.6 is 0 Å². The van der Waals surface area contributed by atoms with Gasteiger partial charge in [-0.2, -0.15) is 0 Å². The Morgan fingerprint density at radius 3 is 2.20 bits per heavy atom. The van der Waals surface area contributed by atoms with Crippen LogP contribution < -0.4 is 0 Å². The summed E-state index contributed by atoms with van der Waals surface area (Å²) in [6.07, 6.45) is 2.97. The van der Waals surface area contributed by atoms with Crippen molar-refractivity contribution in [1.29, 1.82) is 0 Å². The molecule has 0 aromatic rings. The second-order valence-corrected chi connectivity index (χ2v) is 6.94. The number of sulfone groups is 1. The van der Waals surface area contributed by atoms with Crippen molar-refractivity contribution in [2.24, 2.45) is 17.8 Å². The van der Waals surface area contributed by atoms with Gasteiger partial charge in [-0.05, 0) is 30.6 Å². The van der Waals surface area contributed by atoms with Gasteiger partial charge < -0.3 is 5.11 Å². The molecule has 2 aliphatic rings. The minimum absolute atomic E-state index is 0.0959. The van der Waals surface area contributed by atoms with Crippen LogP contribution in [0.5, 0.6) is 0 Å². The molecule has 1 aliphatic carbocycles. The summed E-state index contributed by atoms with van der Waals surface area (Å²) in [4.78, 5) is 10.7. The Balaban J connectivity index is 2.17. The molecule has 1 saturated heterocycles. The van der Waals surface area contributed by atoms with Crippen LogP contribution in [0.1, 0.15) is 25.7 Å². The summed E-state index contributed by atoms with van der Waals surface area (Å²) in [5, 5.41) is 8.80. The third-order valence-corrected chi connectivity index (χ3v) is 5.58. The van der Waals surface area contributed by atoms with Gasteiger partial charge in [-0.3, -0.25) is 4.79 Å². The molecule has 2 fully saturated rings. The first kappa shape index (κ1) is 10.9. The van der Waals surface area contributed by atoms with E-state index in [1.165, 1.54) is 0 Å². The molecule has 0 radical (unpaired) electrons. The van der Waals surface area contributed by atoms with Gasteiger partial charge in [0.25, 0.3) is 0 Å². The van der Waals surface area contributed by atoms with E-state index in [9.17, 15) is 13.2 Å². The predicted molar refractivity (Wildman–Crippen MR) is 55.2 cm³/mol. The minimum atomic E-state index is -2.90. The summed E-state index contributed by atoms with van der Waals surface area (Å²) in [6.45, 7) is 0. The van der Waals surface area contributed by atoms with Gasteiger partial charge in [-0.15, -0.1) is 0 Å². The standard InChI is InChI=1S/C10H16O4S/c11-10(12)4-9-7-2-1-3-8(9)6-15(13,14)5-7/h7-9H,1-6H2,(H,11,12). The highest BCUT2D eigenvalue weighted by Crippen LogP contribution is 2.42. The first-order chi connectivity index (χ1) is 6.98. The molecule has 5 heteroatoms. The molecule has 2 rings (SSSR count). The van der Waals surface area contributed by atoms with Crippen molar-refractivity contribution >= 4 is 15.8 Å². The largest absolute Gasteiger partial charge is 0.481 e. The molecular weight excluding hydrogens is 216 g/mol. The van der Waals surface area contributed by atoms with E-state index < -0.39 is 15.8 Å². The zero-order chi connectivity index (χ0) is 11.1. The first-order valence-corrected chi connectivity index (χ1v) is 7.22. The zero-order valence-corrected chi connectivity index (χ0v) is 9.37. The van der Waals surface area contributed by atoms with E-state index in [1.54, 1.807) is 0 Å². The predicted octanol–water partition coefficient (Wildman–Crippen LogP) is 0.922. The van der Waals surface area contributed by atoms with Gasteiger partial charge in [0.05, 0.1) is 11.5 Å². The van der Waals surface area contributed by atoms with Crippen molar-refractivity contribution < 1.29 is 18.3 Å². The molecule has 2 bridgehead atoms. The van der Waals surface area contributed by atoms with Gasteiger partial charge in [0.15, 0.2) is 9.84 Å². The monoisotopic (exact) mass is 232 g/mol. The van der Waals surface area contributed by atoms with E-state index in [4.69, 9.17) is 5.11 Å². The normalized spacial score (nSPS) is 38.5. The smallest absolute Gasteiger partial charge is 0.303 e. The average Bonchev–Trinajstić information content (AvgIpc) is 2.05. The molecule has 1 saturated carbocycles. The van der Waals surface area contributed by atoms with Crippen molar-refractivity contribution in [3.8, 4) is 0 Å². The molecule has 15 heavy (non-hydrogen) atoms. The number of carbonyl (C=O) groups is 1. The number of aliphatic carboxylic acids is 1. The summed E-state index contributed by atoms with van der Waals surface area (Å²) in [7, 11) is -2.90. The molecule has 1 aliphatic heterocycles. The Morgan fingerprint density at radius 1 is 1.20 bits per heavy atom. The van der Waals surface area contributed by atoms with E-state index in [-0.39, 0.29) is 35.7 Å². The number of hydrogen-bond donors (Lipinski definition) is 1. The number of hydrogen-bond acceptors (Lipinski definition) is 3. The minimum Gasteiger partial charge on any atom is -0.481 e. The van der Waals surface area contributed by atoms with Crippen LogP contribution in [0.15, 0.2) is 0 Å². The van der Waals surface area contributed by atoms with E-state index in [0.717, 1.165) is 19.3 Å². The summed E-state index contributed by atoms with van der Waals surface area (Å²) < 4.78 is 23.1. The van der Waals surface area contributed by atoms with Gasteiger partial charge >= 0.3 is 5.97 Å². The van der Waals surface area contributed by atoms with Crippen molar-refractivity contribution in [3.05, 3.63) is 0 Å². The zero-order valence-electron chi connectivity index (χ0n) is 8.55. The fourth-order valence-electron chi connectivity index (χ4n) is 3.12. The van der Waals surface area contributed by atoms with Crippen molar-refractivity contribution in [3.63, 3.8) is 0 Å². The summed E-state index contributed by atoms with van der Waals surface area (Å²) in [5.74, 6) is -0.0868. The molecule has 0 spiro atoms. The maximum absolute atomic E-state index is 11.5. The summed E-state index contributed by atoms with van der Waals surface area (Å²) in [6, 6.07) is 0. The Labute approximate surface area is 89.6 Å². The van der Waals surface area contributed by atoms with Crippen LogP contribution in [0.2, 0.25) is 0 Å². The van der Waals surface area contributed by atoms with Gasteiger partial charge in [0.1, 0.15) is 0 Å². The van der Waals surface area contributed by atoms with Crippen LogP contribution in [-0.2, 0) is 14.6 Å². The second kappa shape index (κ2) is 3.77. The molecule has 0 aromatic heterocycles. The van der Waals surface area contributed by atoms with Crippen molar-refractivity contribution in [2.75, 3.05) is 11.5 Å². The molecule has 1 N–H and O–H groups in total. The lowest BCUT2D eigenvalue weighted by molar-refractivity contribution is -0.139. The Bertz CT molecular complexity index is 340. The van der Waals surface area contributed by atoms with Crippen LogP contribution in [0.25, 0.3) is 0 Å². The molecule has 4 nitrogen and oxygen atoms in total. The fourth-order valence-corrected chi connectivity index (χ4v) is 5.39. The third-order valence-electron chi connectivity index (χ3n) is 3.71. The number of rotatable bonds is 2. The summed E-state index contributed by atoms with van der Waals surface area (Å²) in [5.41, 5.74) is 0. The highest BCUT2D eigenvalue weighted by molar-refractivity contribution is 7.91. The van der Waals surface area contributed by atoms with E-state index >= 15 is 0 Å². The van der Waals surface area contributed by atoms with Crippen molar-refractivity contribution in [1.82, 2.24) is 0 Å². The molecule has 0 amide bonds. The lowest BCUT2D eigenvalue weighted by Gasteiger charge is -2.41. The maximum atomic E-state index is 11.5. The van der Waals surface area contributed by atoms with Gasteiger partial charge in [0, 0.05) is 6.42 Å². The Kier molecular flexibility index (Phi) is 2.75. The molecule has 2 unspecified atom stereocenters. The highest BCUT2D eigenvalue weighted by Gasteiger charge is 2.43. The molecule has 0 aromatic carbocycles. The lowest BCUT2D eigenvalue weighted by Crippen LogP contribution is -2.43. The van der Waals surface area contributed by atoms with E-state index in [1.807, 2.05) is 0 Å². The quantitative estimate of drug-likeness (QED) is 0.768. The Hall–Kier alpha value is -0.580.